The maximum absolute atomic E-state index is 12.5. The molecule has 0 aliphatic carbocycles. The van der Waals surface area contributed by atoms with Gasteiger partial charge in [-0.3, -0.25) is 19.6 Å². The fraction of sp³-hybridized carbons (Fsp3) is 0.667. The van der Waals surface area contributed by atoms with Crippen molar-refractivity contribution in [1.29, 1.82) is 0 Å². The van der Waals surface area contributed by atoms with E-state index in [1.54, 1.807) is 6.92 Å². The van der Waals surface area contributed by atoms with E-state index in [9.17, 15) is 9.59 Å². The zero-order valence-corrected chi connectivity index (χ0v) is 14.7. The van der Waals surface area contributed by atoms with Gasteiger partial charge in [-0.25, -0.2) is 0 Å². The Balaban J connectivity index is 2.38. The first kappa shape index (κ1) is 16.8. The second-order valence-electron chi connectivity index (χ2n) is 8.11. The van der Waals surface area contributed by atoms with Crippen LogP contribution in [0.4, 0.5) is 0 Å². The molecule has 0 bridgehead atoms. The van der Waals surface area contributed by atoms with Crippen LogP contribution in [-0.4, -0.2) is 34.1 Å². The molecule has 2 rings (SSSR count). The zero-order valence-electron chi connectivity index (χ0n) is 14.7. The van der Waals surface area contributed by atoms with Crippen LogP contribution in [0.25, 0.3) is 0 Å². The van der Waals surface area contributed by atoms with Crippen molar-refractivity contribution in [3.63, 3.8) is 0 Å². The van der Waals surface area contributed by atoms with Crippen LogP contribution in [0.15, 0.2) is 21.6 Å². The molecule has 0 saturated carbocycles. The highest BCUT2D eigenvalue weighted by atomic mass is 16.1. The van der Waals surface area contributed by atoms with E-state index >= 15 is 0 Å². The summed E-state index contributed by atoms with van der Waals surface area (Å²) < 4.78 is 0. The van der Waals surface area contributed by atoms with Gasteiger partial charge in [0.2, 0.25) is 5.78 Å². The highest BCUT2D eigenvalue weighted by Gasteiger charge is 2.46. The monoisotopic (exact) mass is 302 g/mol. The number of rotatable bonds is 3. The highest BCUT2D eigenvalue weighted by Crippen LogP contribution is 2.43. The summed E-state index contributed by atoms with van der Waals surface area (Å²) in [5, 5.41) is 0. The summed E-state index contributed by atoms with van der Waals surface area (Å²) in [6.45, 7) is 13.4. The summed E-state index contributed by atoms with van der Waals surface area (Å²) in [4.78, 5) is 33.7. The summed E-state index contributed by atoms with van der Waals surface area (Å²) in [6, 6.07) is 0. The number of hydrogen-bond acceptors (Lipinski definition) is 4. The quantitative estimate of drug-likeness (QED) is 0.802. The van der Waals surface area contributed by atoms with Crippen molar-refractivity contribution in [2.24, 2.45) is 15.4 Å². The molecule has 0 spiro atoms. The van der Waals surface area contributed by atoms with Gasteiger partial charge in [0.05, 0.1) is 22.5 Å². The number of hydrogen-bond donors (Lipinski definition) is 0. The highest BCUT2D eigenvalue weighted by molar-refractivity contribution is 6.48. The number of Topliss-reactive ketones (excluding diaryl/α,β-unsaturated/α-hetero) is 2. The summed E-state index contributed by atoms with van der Waals surface area (Å²) in [6.07, 6.45) is 3.13. The second-order valence-corrected chi connectivity index (χ2v) is 8.11. The molecule has 1 atom stereocenters. The van der Waals surface area contributed by atoms with Gasteiger partial charge in [0.1, 0.15) is 0 Å². The standard InChI is InChI=1S/C18H26N2O2/c1-11-8-16(3,4)19-13(14(11)22)9-18(7)10-17(5,6)20-15(18)12(2)21/h8H,9-10H2,1-7H3/t18-/m0/s1. The van der Waals surface area contributed by atoms with Crippen LogP contribution in [0.5, 0.6) is 0 Å². The molecule has 0 radical (unpaired) electrons. The van der Waals surface area contributed by atoms with Crippen LogP contribution in [0.1, 0.15) is 61.3 Å². The van der Waals surface area contributed by atoms with Crippen molar-refractivity contribution in [2.45, 2.75) is 72.4 Å². The molecule has 0 aromatic carbocycles. The van der Waals surface area contributed by atoms with Gasteiger partial charge in [-0.15, -0.1) is 0 Å². The second kappa shape index (κ2) is 4.97. The van der Waals surface area contributed by atoms with E-state index in [0.29, 0.717) is 17.8 Å². The smallest absolute Gasteiger partial charge is 0.202 e. The Kier molecular flexibility index (Phi) is 3.79. The van der Waals surface area contributed by atoms with Crippen LogP contribution >= 0.6 is 0 Å². The minimum Gasteiger partial charge on any atom is -0.293 e. The minimum absolute atomic E-state index is 0.00634. The molecule has 4 heteroatoms. The van der Waals surface area contributed by atoms with E-state index in [0.717, 1.165) is 12.0 Å². The van der Waals surface area contributed by atoms with Crippen LogP contribution in [0, 0.1) is 5.41 Å². The molecule has 2 heterocycles. The Bertz CT molecular complexity index is 635. The van der Waals surface area contributed by atoms with Gasteiger partial charge in [-0.2, -0.15) is 0 Å². The number of dihydropyridines is 1. The normalized spacial score (nSPS) is 29.8. The molecule has 2 aliphatic rings. The lowest BCUT2D eigenvalue weighted by Crippen LogP contribution is -2.38. The predicted molar refractivity (Wildman–Crippen MR) is 89.8 cm³/mol. The molecule has 2 aliphatic heterocycles. The lowest BCUT2D eigenvalue weighted by Gasteiger charge is -2.30. The van der Waals surface area contributed by atoms with E-state index in [1.807, 2.05) is 47.6 Å². The molecule has 0 N–H and O–H groups in total. The Morgan fingerprint density at radius 2 is 1.77 bits per heavy atom. The molecule has 120 valence electrons. The average Bonchev–Trinajstić information content (AvgIpc) is 2.55. The van der Waals surface area contributed by atoms with Gasteiger partial charge in [-0.1, -0.05) is 13.0 Å². The van der Waals surface area contributed by atoms with Gasteiger partial charge < -0.3 is 0 Å². The Hall–Kier alpha value is -1.58. The van der Waals surface area contributed by atoms with Crippen molar-refractivity contribution in [3.05, 3.63) is 11.6 Å². The summed E-state index contributed by atoms with van der Waals surface area (Å²) in [7, 11) is 0. The third-order valence-corrected chi connectivity index (χ3v) is 4.31. The van der Waals surface area contributed by atoms with Gasteiger partial charge >= 0.3 is 0 Å². The Labute approximate surface area is 132 Å². The van der Waals surface area contributed by atoms with Crippen LogP contribution in [0.2, 0.25) is 0 Å². The van der Waals surface area contributed by atoms with E-state index in [1.165, 1.54) is 0 Å². The molecule has 4 nitrogen and oxygen atoms in total. The molecule has 0 amide bonds. The maximum atomic E-state index is 12.5. The first-order valence-corrected chi connectivity index (χ1v) is 7.79. The van der Waals surface area contributed by atoms with Crippen LogP contribution in [0.3, 0.4) is 0 Å². The Morgan fingerprint density at radius 1 is 1.18 bits per heavy atom. The third-order valence-electron chi connectivity index (χ3n) is 4.31. The molecule has 0 fully saturated rings. The van der Waals surface area contributed by atoms with Gasteiger partial charge in [0.25, 0.3) is 0 Å². The molecule has 0 aromatic heterocycles. The lowest BCUT2D eigenvalue weighted by atomic mass is 9.73. The largest absolute Gasteiger partial charge is 0.293 e. The van der Waals surface area contributed by atoms with Crippen LogP contribution in [-0.2, 0) is 9.59 Å². The first-order valence-electron chi connectivity index (χ1n) is 7.79. The first-order chi connectivity index (χ1) is 9.85. The van der Waals surface area contributed by atoms with Crippen molar-refractivity contribution >= 4 is 23.0 Å². The molecule has 0 unspecified atom stereocenters. The number of nitrogens with zero attached hydrogens (tertiary/aromatic N) is 2. The van der Waals surface area contributed by atoms with E-state index in [-0.39, 0.29) is 22.6 Å². The van der Waals surface area contributed by atoms with Gasteiger partial charge in [0.15, 0.2) is 5.78 Å². The predicted octanol–water partition coefficient (Wildman–Crippen LogP) is 3.34. The molecule has 22 heavy (non-hydrogen) atoms. The molecule has 0 saturated heterocycles. The summed E-state index contributed by atoms with van der Waals surface area (Å²) in [5.41, 5.74) is 0.839. The van der Waals surface area contributed by atoms with Crippen molar-refractivity contribution < 1.29 is 9.59 Å². The number of allylic oxidation sites excluding steroid dienone is 1. The van der Waals surface area contributed by atoms with Crippen molar-refractivity contribution in [1.82, 2.24) is 0 Å². The lowest BCUT2D eigenvalue weighted by molar-refractivity contribution is -0.112. The summed E-state index contributed by atoms with van der Waals surface area (Å²) in [5.74, 6) is -0.0170. The maximum Gasteiger partial charge on any atom is 0.202 e. The zero-order chi connectivity index (χ0) is 16.9. The minimum atomic E-state index is -0.419. The van der Waals surface area contributed by atoms with E-state index in [4.69, 9.17) is 0 Å². The molecular formula is C18H26N2O2. The number of aliphatic imine (C=N–C) groups is 2. The van der Waals surface area contributed by atoms with E-state index < -0.39 is 5.41 Å². The number of carbonyl (C=O) groups is 2. The fourth-order valence-corrected chi connectivity index (χ4v) is 3.91. The average molecular weight is 302 g/mol. The van der Waals surface area contributed by atoms with Crippen LogP contribution < -0.4 is 0 Å². The van der Waals surface area contributed by atoms with E-state index in [2.05, 4.69) is 9.98 Å². The fourth-order valence-electron chi connectivity index (χ4n) is 3.91. The summed E-state index contributed by atoms with van der Waals surface area (Å²) >= 11 is 0. The van der Waals surface area contributed by atoms with Gasteiger partial charge in [0, 0.05) is 18.8 Å². The van der Waals surface area contributed by atoms with Crippen molar-refractivity contribution in [2.75, 3.05) is 0 Å². The molecular weight excluding hydrogens is 276 g/mol. The van der Waals surface area contributed by atoms with Gasteiger partial charge in [-0.05, 0) is 46.6 Å². The molecule has 0 aromatic rings. The number of ketones is 2. The Morgan fingerprint density at radius 3 is 2.32 bits per heavy atom. The SMILES string of the molecule is CC(=O)C1=NC(C)(C)C[C@]1(C)CC1=NC(C)(C)C=C(C)C1=O. The van der Waals surface area contributed by atoms with Crippen molar-refractivity contribution in [3.8, 4) is 0 Å². The third kappa shape index (κ3) is 3.11. The number of carbonyl (C=O) groups excluding carboxylic acids is 2. The topological polar surface area (TPSA) is 58.9 Å².